The fraction of sp³-hybridized carbons (Fsp3) is 0.438. The molecule has 6 heteroatoms. The van der Waals surface area contributed by atoms with Crippen LogP contribution in [0.3, 0.4) is 0 Å². The van der Waals surface area contributed by atoms with Gasteiger partial charge in [-0.25, -0.2) is 4.68 Å². The zero-order chi connectivity index (χ0) is 15.5. The van der Waals surface area contributed by atoms with Crippen molar-refractivity contribution in [2.75, 3.05) is 20.2 Å². The zero-order valence-electron chi connectivity index (χ0n) is 12.9. The van der Waals surface area contributed by atoms with Gasteiger partial charge >= 0.3 is 0 Å². The third kappa shape index (κ3) is 2.95. The van der Waals surface area contributed by atoms with Crippen LogP contribution in [0.25, 0.3) is 11.3 Å². The first-order valence-electron chi connectivity index (χ1n) is 7.49. The number of benzene rings is 1. The summed E-state index contributed by atoms with van der Waals surface area (Å²) in [6.07, 6.45) is 3.83. The van der Waals surface area contributed by atoms with Crippen LogP contribution in [0.2, 0.25) is 0 Å². The Morgan fingerprint density at radius 2 is 1.91 bits per heavy atom. The van der Waals surface area contributed by atoms with E-state index in [1.807, 2.05) is 40.0 Å². The SMILES string of the molecule is COc1ccc(-c2cn(C3CCN(C(C)=O)CC3)nn2)cc1. The smallest absolute Gasteiger partial charge is 0.219 e. The minimum Gasteiger partial charge on any atom is -0.497 e. The maximum Gasteiger partial charge on any atom is 0.219 e. The highest BCUT2D eigenvalue weighted by molar-refractivity contribution is 5.73. The number of aromatic nitrogens is 3. The van der Waals surface area contributed by atoms with E-state index in [1.165, 1.54) is 0 Å². The summed E-state index contributed by atoms with van der Waals surface area (Å²) in [6.45, 7) is 3.20. The first-order valence-corrected chi connectivity index (χ1v) is 7.49. The van der Waals surface area contributed by atoms with Gasteiger partial charge in [0, 0.05) is 25.6 Å². The van der Waals surface area contributed by atoms with E-state index in [0.717, 1.165) is 42.9 Å². The minimum absolute atomic E-state index is 0.149. The molecule has 22 heavy (non-hydrogen) atoms. The fourth-order valence-electron chi connectivity index (χ4n) is 2.79. The Balaban J connectivity index is 1.70. The van der Waals surface area contributed by atoms with Crippen LogP contribution in [0.5, 0.6) is 5.75 Å². The van der Waals surface area contributed by atoms with Crippen molar-refractivity contribution in [1.29, 1.82) is 0 Å². The highest BCUT2D eigenvalue weighted by Crippen LogP contribution is 2.25. The van der Waals surface area contributed by atoms with Gasteiger partial charge < -0.3 is 9.64 Å². The molecule has 0 atom stereocenters. The average molecular weight is 300 g/mol. The van der Waals surface area contributed by atoms with E-state index in [0.29, 0.717) is 6.04 Å². The van der Waals surface area contributed by atoms with Crippen LogP contribution < -0.4 is 4.74 Å². The van der Waals surface area contributed by atoms with Crippen LogP contribution in [-0.4, -0.2) is 46.0 Å². The molecule has 116 valence electrons. The largest absolute Gasteiger partial charge is 0.497 e. The van der Waals surface area contributed by atoms with Crippen molar-refractivity contribution in [3.8, 4) is 17.0 Å². The van der Waals surface area contributed by atoms with Crippen LogP contribution in [0, 0.1) is 0 Å². The topological polar surface area (TPSA) is 60.2 Å². The highest BCUT2D eigenvalue weighted by Gasteiger charge is 2.22. The number of amides is 1. The first-order chi connectivity index (χ1) is 10.7. The van der Waals surface area contributed by atoms with Crippen molar-refractivity contribution < 1.29 is 9.53 Å². The van der Waals surface area contributed by atoms with E-state index >= 15 is 0 Å². The number of methoxy groups -OCH3 is 1. The van der Waals surface area contributed by atoms with Gasteiger partial charge in [-0.05, 0) is 37.1 Å². The van der Waals surface area contributed by atoms with Gasteiger partial charge in [0.2, 0.25) is 5.91 Å². The second kappa shape index (κ2) is 6.17. The Morgan fingerprint density at radius 1 is 1.23 bits per heavy atom. The molecular weight excluding hydrogens is 280 g/mol. The van der Waals surface area contributed by atoms with E-state index < -0.39 is 0 Å². The molecular formula is C16H20N4O2. The van der Waals surface area contributed by atoms with Gasteiger partial charge in [-0.2, -0.15) is 0 Å². The number of carbonyl (C=O) groups excluding carboxylic acids is 1. The summed E-state index contributed by atoms with van der Waals surface area (Å²) in [5.74, 6) is 0.976. The van der Waals surface area contributed by atoms with Gasteiger partial charge in [-0.3, -0.25) is 4.79 Å². The highest BCUT2D eigenvalue weighted by atomic mass is 16.5. The van der Waals surface area contributed by atoms with Gasteiger partial charge in [0.1, 0.15) is 11.4 Å². The van der Waals surface area contributed by atoms with Crippen molar-refractivity contribution in [2.45, 2.75) is 25.8 Å². The van der Waals surface area contributed by atoms with Crippen molar-refractivity contribution >= 4 is 5.91 Å². The Kier molecular flexibility index (Phi) is 4.09. The number of likely N-dealkylation sites (tertiary alicyclic amines) is 1. The molecule has 2 aromatic rings. The van der Waals surface area contributed by atoms with E-state index in [9.17, 15) is 4.79 Å². The molecule has 3 rings (SSSR count). The zero-order valence-corrected chi connectivity index (χ0v) is 12.9. The molecule has 1 aliphatic rings. The number of carbonyl (C=O) groups is 1. The Labute approximate surface area is 129 Å². The lowest BCUT2D eigenvalue weighted by Crippen LogP contribution is -2.37. The van der Waals surface area contributed by atoms with Gasteiger partial charge in [-0.1, -0.05) is 5.21 Å². The molecule has 0 N–H and O–H groups in total. The lowest BCUT2D eigenvalue weighted by atomic mass is 10.1. The summed E-state index contributed by atoms with van der Waals surface area (Å²) in [6, 6.07) is 8.10. The molecule has 6 nitrogen and oxygen atoms in total. The molecule has 0 bridgehead atoms. The maximum absolute atomic E-state index is 11.4. The molecule has 1 saturated heterocycles. The Morgan fingerprint density at radius 3 is 2.50 bits per heavy atom. The summed E-state index contributed by atoms with van der Waals surface area (Å²) in [5, 5.41) is 8.52. The Bertz CT molecular complexity index is 642. The van der Waals surface area contributed by atoms with Crippen LogP contribution in [-0.2, 0) is 4.79 Å². The Hall–Kier alpha value is -2.37. The van der Waals surface area contributed by atoms with Crippen LogP contribution in [0.15, 0.2) is 30.5 Å². The molecule has 0 saturated carbocycles. The van der Waals surface area contributed by atoms with E-state index in [1.54, 1.807) is 14.0 Å². The lowest BCUT2D eigenvalue weighted by molar-refractivity contribution is -0.130. The first kappa shape index (κ1) is 14.6. The second-order valence-electron chi connectivity index (χ2n) is 5.55. The van der Waals surface area contributed by atoms with Crippen molar-refractivity contribution in [1.82, 2.24) is 19.9 Å². The van der Waals surface area contributed by atoms with Crippen molar-refractivity contribution in [3.05, 3.63) is 30.5 Å². The van der Waals surface area contributed by atoms with Crippen LogP contribution >= 0.6 is 0 Å². The lowest BCUT2D eigenvalue weighted by Gasteiger charge is -2.30. The van der Waals surface area contributed by atoms with E-state index in [4.69, 9.17) is 4.74 Å². The van der Waals surface area contributed by atoms with Gasteiger partial charge in [0.25, 0.3) is 0 Å². The van der Waals surface area contributed by atoms with Crippen molar-refractivity contribution in [3.63, 3.8) is 0 Å². The van der Waals surface area contributed by atoms with E-state index in [2.05, 4.69) is 10.3 Å². The van der Waals surface area contributed by atoms with Gasteiger partial charge in [0.05, 0.1) is 19.3 Å². The molecule has 0 aliphatic carbocycles. The molecule has 0 unspecified atom stereocenters. The second-order valence-corrected chi connectivity index (χ2v) is 5.55. The fourth-order valence-corrected chi connectivity index (χ4v) is 2.79. The van der Waals surface area contributed by atoms with Gasteiger partial charge in [0.15, 0.2) is 0 Å². The monoisotopic (exact) mass is 300 g/mol. The molecule has 1 aliphatic heterocycles. The minimum atomic E-state index is 0.149. The summed E-state index contributed by atoms with van der Waals surface area (Å²) < 4.78 is 7.09. The summed E-state index contributed by atoms with van der Waals surface area (Å²) in [4.78, 5) is 13.3. The maximum atomic E-state index is 11.4. The number of rotatable bonds is 3. The molecule has 1 aromatic heterocycles. The molecule has 1 fully saturated rings. The van der Waals surface area contributed by atoms with Gasteiger partial charge in [-0.15, -0.1) is 5.10 Å². The standard InChI is InChI=1S/C16H20N4O2/c1-12(21)19-9-7-14(8-10-19)20-11-16(17-18-20)13-3-5-15(22-2)6-4-13/h3-6,11,14H,7-10H2,1-2H3. The molecule has 0 spiro atoms. The summed E-state index contributed by atoms with van der Waals surface area (Å²) >= 11 is 0. The number of hydrogen-bond acceptors (Lipinski definition) is 4. The number of nitrogens with zero attached hydrogens (tertiary/aromatic N) is 4. The predicted molar refractivity (Wildman–Crippen MR) is 82.5 cm³/mol. The predicted octanol–water partition coefficient (Wildman–Crippen LogP) is 2.14. The molecule has 1 amide bonds. The number of piperidine rings is 1. The molecule has 0 radical (unpaired) electrons. The van der Waals surface area contributed by atoms with Crippen molar-refractivity contribution in [2.24, 2.45) is 0 Å². The number of ether oxygens (including phenoxy) is 1. The average Bonchev–Trinajstić information content (AvgIpc) is 3.05. The third-order valence-corrected chi connectivity index (χ3v) is 4.18. The van der Waals surface area contributed by atoms with Crippen LogP contribution in [0.4, 0.5) is 0 Å². The van der Waals surface area contributed by atoms with Crippen LogP contribution in [0.1, 0.15) is 25.8 Å². The quantitative estimate of drug-likeness (QED) is 0.871. The third-order valence-electron chi connectivity index (χ3n) is 4.18. The normalized spacial score (nSPS) is 15.8. The van der Waals surface area contributed by atoms with E-state index in [-0.39, 0.29) is 5.91 Å². The number of hydrogen-bond donors (Lipinski definition) is 0. The molecule has 2 heterocycles. The summed E-state index contributed by atoms with van der Waals surface area (Å²) in [7, 11) is 1.65. The molecule has 1 aromatic carbocycles. The summed E-state index contributed by atoms with van der Waals surface area (Å²) in [5.41, 5.74) is 1.88.